The Labute approximate surface area is 150 Å². The summed E-state index contributed by atoms with van der Waals surface area (Å²) in [7, 11) is 3.60. The maximum atomic E-state index is 12.3. The lowest BCUT2D eigenvalue weighted by molar-refractivity contribution is -0.131. The van der Waals surface area contributed by atoms with Crippen LogP contribution in [0.5, 0.6) is 0 Å². The molecular weight excluding hydrogens is 336 g/mol. The number of likely N-dealkylation sites (tertiary alicyclic amines) is 1. The average Bonchev–Trinajstić information content (AvgIpc) is 3.18. The second-order valence-corrected chi connectivity index (χ2v) is 7.11. The van der Waals surface area contributed by atoms with Gasteiger partial charge >= 0.3 is 0 Å². The molecule has 138 valence electrons. The van der Waals surface area contributed by atoms with Gasteiger partial charge < -0.3 is 14.3 Å². The number of amides is 2. The minimum absolute atomic E-state index is 0.0646. The monoisotopic (exact) mass is 358 g/mol. The number of carbonyl (C=O) groups is 2. The summed E-state index contributed by atoms with van der Waals surface area (Å²) in [6, 6.07) is 1.71. The lowest BCUT2D eigenvalue weighted by atomic mass is 10.00. The summed E-state index contributed by atoms with van der Waals surface area (Å²) >= 11 is 0. The Morgan fingerprint density at radius 3 is 2.77 bits per heavy atom. The van der Waals surface area contributed by atoms with Crippen LogP contribution < -0.4 is 0 Å². The van der Waals surface area contributed by atoms with Gasteiger partial charge in [-0.25, -0.2) is 0 Å². The molecule has 0 N–H and O–H groups in total. The van der Waals surface area contributed by atoms with Crippen LogP contribution in [-0.2, 0) is 18.3 Å². The third-order valence-corrected chi connectivity index (χ3v) is 4.91. The van der Waals surface area contributed by atoms with E-state index >= 15 is 0 Å². The first-order valence-electron chi connectivity index (χ1n) is 8.87. The molecule has 1 saturated carbocycles. The van der Waals surface area contributed by atoms with E-state index in [4.69, 9.17) is 4.52 Å². The third-order valence-electron chi connectivity index (χ3n) is 4.91. The summed E-state index contributed by atoms with van der Waals surface area (Å²) in [5.74, 6) is 1.57. The van der Waals surface area contributed by atoms with Crippen LogP contribution in [0.3, 0.4) is 0 Å². The molecule has 2 aliphatic rings. The third kappa shape index (κ3) is 3.33. The molecule has 9 nitrogen and oxygen atoms in total. The minimum atomic E-state index is -0.0817. The van der Waals surface area contributed by atoms with Crippen molar-refractivity contribution in [3.8, 4) is 0 Å². The fourth-order valence-electron chi connectivity index (χ4n) is 3.05. The summed E-state index contributed by atoms with van der Waals surface area (Å²) in [5.41, 5.74) is 0.445. The van der Waals surface area contributed by atoms with Crippen molar-refractivity contribution >= 4 is 11.8 Å². The molecular formula is C17H22N6O3. The highest BCUT2D eigenvalue weighted by molar-refractivity contribution is 5.92. The highest BCUT2D eigenvalue weighted by atomic mass is 16.5. The van der Waals surface area contributed by atoms with Crippen LogP contribution in [0.25, 0.3) is 0 Å². The molecule has 3 heterocycles. The van der Waals surface area contributed by atoms with Crippen LogP contribution in [0.2, 0.25) is 0 Å². The maximum Gasteiger partial charge on any atom is 0.274 e. The Morgan fingerprint density at radius 2 is 2.12 bits per heavy atom. The molecule has 4 rings (SSSR count). The molecule has 2 fully saturated rings. The van der Waals surface area contributed by atoms with E-state index in [1.165, 1.54) is 0 Å². The SMILES string of the molecule is CN(CCc1noc(C2CN(C(=O)c3ccn(C)n3)C2)n1)C(=O)C1CC1. The number of carbonyl (C=O) groups excluding carboxylic acids is 2. The molecule has 1 saturated heterocycles. The van der Waals surface area contributed by atoms with Gasteiger partial charge in [0.05, 0.1) is 5.92 Å². The molecule has 9 heteroatoms. The van der Waals surface area contributed by atoms with Gasteiger partial charge in [-0.1, -0.05) is 5.16 Å². The molecule has 0 spiro atoms. The molecule has 0 atom stereocenters. The molecule has 2 aromatic heterocycles. The Kier molecular flexibility index (Phi) is 4.21. The first kappa shape index (κ1) is 16.7. The maximum absolute atomic E-state index is 12.3. The Balaban J connectivity index is 1.26. The molecule has 1 aliphatic heterocycles. The van der Waals surface area contributed by atoms with E-state index in [2.05, 4.69) is 15.2 Å². The summed E-state index contributed by atoms with van der Waals surface area (Å²) in [6.45, 7) is 1.69. The summed E-state index contributed by atoms with van der Waals surface area (Å²) < 4.78 is 6.95. The van der Waals surface area contributed by atoms with Crippen LogP contribution in [0.1, 0.15) is 41.0 Å². The van der Waals surface area contributed by atoms with Gasteiger partial charge in [0.1, 0.15) is 5.69 Å². The van der Waals surface area contributed by atoms with E-state index in [0.717, 1.165) is 12.8 Å². The van der Waals surface area contributed by atoms with Gasteiger partial charge in [-0.15, -0.1) is 0 Å². The van der Waals surface area contributed by atoms with Crippen LogP contribution in [-0.4, -0.2) is 68.2 Å². The van der Waals surface area contributed by atoms with Crippen molar-refractivity contribution in [2.24, 2.45) is 13.0 Å². The topological polar surface area (TPSA) is 97.4 Å². The zero-order chi connectivity index (χ0) is 18.3. The normalized spacial score (nSPS) is 17.2. The minimum Gasteiger partial charge on any atom is -0.345 e. The summed E-state index contributed by atoms with van der Waals surface area (Å²) in [6.07, 6.45) is 4.33. The van der Waals surface area contributed by atoms with Crippen molar-refractivity contribution < 1.29 is 14.1 Å². The molecule has 2 amide bonds. The second-order valence-electron chi connectivity index (χ2n) is 7.11. The summed E-state index contributed by atoms with van der Waals surface area (Å²) in [4.78, 5) is 32.1. The van der Waals surface area contributed by atoms with Gasteiger partial charge in [-0.05, 0) is 18.9 Å². The molecule has 0 bridgehead atoms. The summed E-state index contributed by atoms with van der Waals surface area (Å²) in [5, 5.41) is 8.13. The smallest absolute Gasteiger partial charge is 0.274 e. The van der Waals surface area contributed by atoms with E-state index in [-0.39, 0.29) is 23.7 Å². The lowest BCUT2D eigenvalue weighted by Gasteiger charge is -2.36. The molecule has 1 aliphatic carbocycles. The van der Waals surface area contributed by atoms with Crippen LogP contribution in [0.15, 0.2) is 16.8 Å². The predicted molar refractivity (Wildman–Crippen MR) is 90.2 cm³/mol. The first-order valence-corrected chi connectivity index (χ1v) is 8.87. The van der Waals surface area contributed by atoms with Gasteiger partial charge in [0.2, 0.25) is 11.8 Å². The van der Waals surface area contributed by atoms with Gasteiger partial charge in [0.15, 0.2) is 5.82 Å². The van der Waals surface area contributed by atoms with Gasteiger partial charge in [-0.3, -0.25) is 14.3 Å². The van der Waals surface area contributed by atoms with Crippen molar-refractivity contribution in [1.29, 1.82) is 0 Å². The lowest BCUT2D eigenvalue weighted by Crippen LogP contribution is -2.48. The van der Waals surface area contributed by atoms with Crippen molar-refractivity contribution in [2.45, 2.75) is 25.2 Å². The Hall–Kier alpha value is -2.71. The van der Waals surface area contributed by atoms with Crippen molar-refractivity contribution in [2.75, 3.05) is 26.7 Å². The Morgan fingerprint density at radius 1 is 1.35 bits per heavy atom. The molecule has 0 radical (unpaired) electrons. The number of likely N-dealkylation sites (N-methyl/N-ethyl adjacent to an activating group) is 1. The zero-order valence-electron chi connectivity index (χ0n) is 15.0. The second kappa shape index (κ2) is 6.54. The quantitative estimate of drug-likeness (QED) is 0.744. The molecule has 0 unspecified atom stereocenters. The number of hydrogen-bond donors (Lipinski definition) is 0. The van der Waals surface area contributed by atoms with Crippen molar-refractivity contribution in [1.82, 2.24) is 29.7 Å². The first-order chi connectivity index (χ1) is 12.5. The fraction of sp³-hybridized carbons (Fsp3) is 0.588. The largest absolute Gasteiger partial charge is 0.345 e. The average molecular weight is 358 g/mol. The number of aromatic nitrogens is 4. The van der Waals surface area contributed by atoms with Crippen molar-refractivity contribution in [3.63, 3.8) is 0 Å². The van der Waals surface area contributed by atoms with E-state index < -0.39 is 0 Å². The molecule has 26 heavy (non-hydrogen) atoms. The van der Waals surface area contributed by atoms with E-state index in [1.807, 2.05) is 7.05 Å². The number of hydrogen-bond acceptors (Lipinski definition) is 6. The van der Waals surface area contributed by atoms with Crippen LogP contribution >= 0.6 is 0 Å². The highest BCUT2D eigenvalue weighted by Crippen LogP contribution is 2.30. The van der Waals surface area contributed by atoms with Crippen molar-refractivity contribution in [3.05, 3.63) is 29.7 Å². The number of nitrogens with zero attached hydrogens (tertiary/aromatic N) is 6. The van der Waals surface area contributed by atoms with E-state index in [9.17, 15) is 9.59 Å². The molecule has 2 aromatic rings. The number of aryl methyl sites for hydroxylation is 1. The fourth-order valence-corrected chi connectivity index (χ4v) is 3.05. The van der Waals surface area contributed by atoms with Gasteiger partial charge in [0, 0.05) is 52.3 Å². The highest BCUT2D eigenvalue weighted by Gasteiger charge is 2.37. The van der Waals surface area contributed by atoms with Gasteiger partial charge in [-0.2, -0.15) is 10.1 Å². The van der Waals surface area contributed by atoms with E-state index in [0.29, 0.717) is 43.5 Å². The van der Waals surface area contributed by atoms with Crippen LogP contribution in [0, 0.1) is 5.92 Å². The molecule has 0 aromatic carbocycles. The number of rotatable bonds is 6. The van der Waals surface area contributed by atoms with Gasteiger partial charge in [0.25, 0.3) is 5.91 Å². The van der Waals surface area contributed by atoms with Crippen LogP contribution in [0.4, 0.5) is 0 Å². The van der Waals surface area contributed by atoms with E-state index in [1.54, 1.807) is 33.8 Å². The zero-order valence-corrected chi connectivity index (χ0v) is 15.0. The standard InChI is InChI=1S/C17H22N6O3/c1-21(16(24)11-3-4-11)7-6-14-18-15(26-20-14)12-9-23(10-12)17(25)13-5-8-22(2)19-13/h5,8,11-12H,3-4,6-7,9-10H2,1-2H3. The Bertz CT molecular complexity index is 818. The predicted octanol–water partition coefficient (Wildman–Crippen LogP) is 0.454.